The van der Waals surface area contributed by atoms with E-state index in [0.717, 1.165) is 43.5 Å². The number of nitrogens with one attached hydrogen (secondary N) is 1. The molecule has 0 radical (unpaired) electrons. The second kappa shape index (κ2) is 7.92. The Hall–Kier alpha value is -2.33. The van der Waals surface area contributed by atoms with Crippen LogP contribution in [0.15, 0.2) is 35.5 Å². The largest absolute Gasteiger partial charge is 0.337 e. The summed E-state index contributed by atoms with van der Waals surface area (Å²) in [6, 6.07) is 12.2. The Morgan fingerprint density at radius 2 is 1.96 bits per heavy atom. The summed E-state index contributed by atoms with van der Waals surface area (Å²) < 4.78 is 1.89. The van der Waals surface area contributed by atoms with E-state index in [4.69, 9.17) is 0 Å². The van der Waals surface area contributed by atoms with Gasteiger partial charge in [0.15, 0.2) is 11.0 Å². The van der Waals surface area contributed by atoms with E-state index < -0.39 is 5.54 Å². The molecule has 0 spiro atoms. The third-order valence-corrected chi connectivity index (χ3v) is 5.94. The van der Waals surface area contributed by atoms with Crippen molar-refractivity contribution in [3.05, 3.63) is 30.3 Å². The fourth-order valence-electron chi connectivity index (χ4n) is 3.23. The number of carbonyl (C=O) groups is 1. The Bertz CT molecular complexity index is 805. The van der Waals surface area contributed by atoms with Crippen LogP contribution in [0.3, 0.4) is 0 Å². The first kappa shape index (κ1) is 18.5. The van der Waals surface area contributed by atoms with Crippen molar-refractivity contribution < 1.29 is 4.79 Å². The number of hydrogen-bond acceptors (Lipinski definition) is 5. The molecule has 7 heteroatoms. The van der Waals surface area contributed by atoms with Gasteiger partial charge in [-0.25, -0.2) is 0 Å². The second-order valence-electron chi connectivity index (χ2n) is 6.74. The first-order chi connectivity index (χ1) is 12.5. The number of thioether (sulfide) groups is 1. The molecule has 1 amide bonds. The van der Waals surface area contributed by atoms with Gasteiger partial charge in [0.1, 0.15) is 5.54 Å². The molecule has 0 saturated heterocycles. The van der Waals surface area contributed by atoms with Crippen LogP contribution in [0.1, 0.15) is 39.0 Å². The van der Waals surface area contributed by atoms with Crippen molar-refractivity contribution in [3.63, 3.8) is 0 Å². The van der Waals surface area contributed by atoms with Gasteiger partial charge in [-0.05, 0) is 19.8 Å². The number of rotatable bonds is 5. The molecule has 6 nitrogen and oxygen atoms in total. The van der Waals surface area contributed by atoms with Crippen molar-refractivity contribution in [1.29, 1.82) is 5.26 Å². The van der Waals surface area contributed by atoms with Gasteiger partial charge in [-0.2, -0.15) is 5.26 Å². The first-order valence-electron chi connectivity index (χ1n) is 8.89. The highest BCUT2D eigenvalue weighted by molar-refractivity contribution is 8.00. The highest BCUT2D eigenvalue weighted by Crippen LogP contribution is 2.29. The summed E-state index contributed by atoms with van der Waals surface area (Å²) in [5.41, 5.74) is 0.274. The third kappa shape index (κ3) is 3.91. The fraction of sp³-hybridized carbons (Fsp3) is 0.474. The van der Waals surface area contributed by atoms with Crippen molar-refractivity contribution in [1.82, 2.24) is 20.1 Å². The molecule has 0 aliphatic heterocycles. The van der Waals surface area contributed by atoms with E-state index in [0.29, 0.717) is 5.16 Å². The fourth-order valence-corrected chi connectivity index (χ4v) is 4.04. The van der Waals surface area contributed by atoms with E-state index in [1.807, 2.05) is 48.9 Å². The van der Waals surface area contributed by atoms with E-state index in [1.165, 1.54) is 11.8 Å². The van der Waals surface area contributed by atoms with Gasteiger partial charge in [0.05, 0.1) is 11.3 Å². The SMILES string of the molecule is CC(Sc1nnc(-c2ccccc2)n1C)C(=O)NC1(C#N)CCCCC1. The van der Waals surface area contributed by atoms with Gasteiger partial charge in [-0.15, -0.1) is 10.2 Å². The highest BCUT2D eigenvalue weighted by Gasteiger charge is 2.35. The number of hydrogen-bond donors (Lipinski definition) is 1. The van der Waals surface area contributed by atoms with Crippen LogP contribution in [0.2, 0.25) is 0 Å². The standard InChI is InChI=1S/C19H23N5OS/c1-14(17(25)21-19(13-20)11-7-4-8-12-19)26-18-23-22-16(24(18)2)15-9-5-3-6-10-15/h3,5-6,9-10,14H,4,7-8,11-12H2,1-2H3,(H,21,25). The second-order valence-corrected chi connectivity index (χ2v) is 8.04. The molecule has 2 aromatic rings. The minimum absolute atomic E-state index is 0.122. The zero-order valence-electron chi connectivity index (χ0n) is 15.1. The molecule has 1 aromatic heterocycles. The zero-order chi connectivity index (χ0) is 18.6. The predicted octanol–water partition coefficient (Wildman–Crippen LogP) is 3.31. The number of amides is 1. The molecule has 1 unspecified atom stereocenters. The highest BCUT2D eigenvalue weighted by atomic mass is 32.2. The molecule has 1 aliphatic carbocycles. The summed E-state index contributed by atoms with van der Waals surface area (Å²) in [6.45, 7) is 1.84. The van der Waals surface area contributed by atoms with Crippen LogP contribution in [0.5, 0.6) is 0 Å². The van der Waals surface area contributed by atoms with Crippen LogP contribution < -0.4 is 5.32 Å². The van der Waals surface area contributed by atoms with Gasteiger partial charge in [0.25, 0.3) is 0 Å². The summed E-state index contributed by atoms with van der Waals surface area (Å²) >= 11 is 1.36. The van der Waals surface area contributed by atoms with E-state index >= 15 is 0 Å². The topological polar surface area (TPSA) is 83.6 Å². The molecule has 1 fully saturated rings. The quantitative estimate of drug-likeness (QED) is 0.818. The van der Waals surface area contributed by atoms with E-state index in [1.54, 1.807) is 0 Å². The molecular formula is C19H23N5OS. The van der Waals surface area contributed by atoms with Crippen LogP contribution in [0.25, 0.3) is 11.4 Å². The maximum atomic E-state index is 12.6. The van der Waals surface area contributed by atoms with Crippen LogP contribution in [0.4, 0.5) is 0 Å². The molecule has 1 N–H and O–H groups in total. The van der Waals surface area contributed by atoms with Crippen LogP contribution in [0, 0.1) is 11.3 Å². The molecule has 1 aromatic carbocycles. The monoisotopic (exact) mass is 369 g/mol. The van der Waals surface area contributed by atoms with Crippen LogP contribution >= 0.6 is 11.8 Å². The lowest BCUT2D eigenvalue weighted by Gasteiger charge is -2.32. The molecule has 26 heavy (non-hydrogen) atoms. The summed E-state index contributed by atoms with van der Waals surface area (Å²) in [6.07, 6.45) is 4.56. The molecule has 1 saturated carbocycles. The number of nitriles is 1. The minimum atomic E-state index is -0.709. The van der Waals surface area contributed by atoms with Crippen molar-refractivity contribution in [3.8, 4) is 17.5 Å². The smallest absolute Gasteiger partial charge is 0.234 e. The summed E-state index contributed by atoms with van der Waals surface area (Å²) in [5, 5.41) is 21.3. The normalized spacial score (nSPS) is 17.3. The van der Waals surface area contributed by atoms with Gasteiger partial charge in [0, 0.05) is 12.6 Å². The van der Waals surface area contributed by atoms with Gasteiger partial charge in [0.2, 0.25) is 5.91 Å². The van der Waals surface area contributed by atoms with E-state index in [2.05, 4.69) is 21.6 Å². The van der Waals surface area contributed by atoms with Gasteiger partial charge < -0.3 is 9.88 Å². The number of aromatic nitrogens is 3. The Balaban J connectivity index is 1.68. The van der Waals surface area contributed by atoms with E-state index in [-0.39, 0.29) is 11.2 Å². The van der Waals surface area contributed by atoms with E-state index in [9.17, 15) is 10.1 Å². The van der Waals surface area contributed by atoms with Crippen molar-refractivity contribution in [2.24, 2.45) is 7.05 Å². The zero-order valence-corrected chi connectivity index (χ0v) is 15.9. The minimum Gasteiger partial charge on any atom is -0.337 e. The molecule has 0 bridgehead atoms. The first-order valence-corrected chi connectivity index (χ1v) is 9.77. The number of nitrogens with zero attached hydrogens (tertiary/aromatic N) is 4. The summed E-state index contributed by atoms with van der Waals surface area (Å²) in [7, 11) is 1.90. The van der Waals surface area contributed by atoms with Crippen LogP contribution in [-0.4, -0.2) is 31.5 Å². The molecule has 136 valence electrons. The maximum Gasteiger partial charge on any atom is 0.234 e. The van der Waals surface area contributed by atoms with Crippen molar-refractivity contribution in [2.45, 2.75) is 55.0 Å². The lowest BCUT2D eigenvalue weighted by Crippen LogP contribution is -2.50. The Morgan fingerprint density at radius 1 is 1.27 bits per heavy atom. The average Bonchev–Trinajstić information content (AvgIpc) is 3.03. The van der Waals surface area contributed by atoms with Gasteiger partial charge >= 0.3 is 0 Å². The molecular weight excluding hydrogens is 346 g/mol. The molecule has 1 aliphatic rings. The number of carbonyl (C=O) groups excluding carboxylic acids is 1. The number of benzene rings is 1. The summed E-state index contributed by atoms with van der Waals surface area (Å²) in [4.78, 5) is 12.6. The Morgan fingerprint density at radius 3 is 2.62 bits per heavy atom. The lowest BCUT2D eigenvalue weighted by molar-refractivity contribution is -0.121. The van der Waals surface area contributed by atoms with Crippen molar-refractivity contribution in [2.75, 3.05) is 0 Å². The average molecular weight is 369 g/mol. The maximum absolute atomic E-state index is 12.6. The van der Waals surface area contributed by atoms with Gasteiger partial charge in [-0.1, -0.05) is 61.4 Å². The summed E-state index contributed by atoms with van der Waals surface area (Å²) in [5.74, 6) is 0.643. The lowest BCUT2D eigenvalue weighted by atomic mass is 9.83. The van der Waals surface area contributed by atoms with Crippen molar-refractivity contribution >= 4 is 17.7 Å². The Labute approximate surface area is 158 Å². The molecule has 1 atom stereocenters. The molecule has 3 rings (SSSR count). The van der Waals surface area contributed by atoms with Crippen LogP contribution in [-0.2, 0) is 11.8 Å². The third-order valence-electron chi connectivity index (χ3n) is 4.80. The Kier molecular flexibility index (Phi) is 5.62. The van der Waals surface area contributed by atoms with Gasteiger partial charge in [-0.3, -0.25) is 4.79 Å². The predicted molar refractivity (Wildman–Crippen MR) is 101 cm³/mol. The molecule has 1 heterocycles.